The number of hydrogen-bond donors (Lipinski definition) is 0. The molecule has 0 atom stereocenters. The standard InChI is InChI=1S/C70H67N9/c1-67(2,3)57-37-33-51-61(73-57)62-52(34-38-58(74-62)68(4,5)6)78(51)55-41-46(50-43-49(44-25-17-13-18-26-44)71-66(72-50)45-27-19-14-20-28-45)42-56(65(55)77(47-29-21-15-22-30-47)48-31-23-16-24-32-48)79-53-35-39-59(69(7,8)9)75-63(53)64-54(79)36-40-60(76-64)70(10,11)12/h13-43H,1-12H3. The van der Waals surface area contributed by atoms with Crippen molar-refractivity contribution in [2.24, 2.45) is 0 Å². The number of anilines is 3. The van der Waals surface area contributed by atoms with Gasteiger partial charge in [0.25, 0.3) is 0 Å². The molecule has 0 saturated heterocycles. The summed E-state index contributed by atoms with van der Waals surface area (Å²) in [5.41, 5.74) is 19.2. The Morgan fingerprint density at radius 1 is 0.304 bits per heavy atom. The molecule has 12 aromatic rings. The fraction of sp³-hybridized carbons (Fsp3) is 0.229. The molecule has 0 spiro atoms. The van der Waals surface area contributed by atoms with Gasteiger partial charge in [0.2, 0.25) is 0 Å². The van der Waals surface area contributed by atoms with Crippen LogP contribution in [-0.2, 0) is 21.7 Å². The van der Waals surface area contributed by atoms with E-state index in [9.17, 15) is 0 Å². The van der Waals surface area contributed by atoms with Crippen molar-refractivity contribution in [3.05, 3.63) is 211 Å². The zero-order valence-electron chi connectivity index (χ0n) is 47.4. The molecule has 7 aromatic heterocycles. The monoisotopic (exact) mass is 1030 g/mol. The minimum absolute atomic E-state index is 0.224. The van der Waals surface area contributed by atoms with Crippen LogP contribution in [0.25, 0.3) is 89.4 Å². The van der Waals surface area contributed by atoms with Gasteiger partial charge in [-0.25, -0.2) is 29.9 Å². The Labute approximate surface area is 463 Å². The molecule has 0 amide bonds. The van der Waals surface area contributed by atoms with Crippen LogP contribution < -0.4 is 4.90 Å². The molecule has 0 fully saturated rings. The van der Waals surface area contributed by atoms with Gasteiger partial charge in [0.05, 0.1) is 50.5 Å². The average Bonchev–Trinajstić information content (AvgIpc) is 3.33. The van der Waals surface area contributed by atoms with Crippen LogP contribution in [0.15, 0.2) is 188 Å². The van der Waals surface area contributed by atoms with Crippen LogP contribution in [0.3, 0.4) is 0 Å². The van der Waals surface area contributed by atoms with Gasteiger partial charge in [0.1, 0.15) is 22.1 Å². The topological polar surface area (TPSA) is 90.4 Å². The lowest BCUT2D eigenvalue weighted by atomic mass is 9.91. The second kappa shape index (κ2) is 19.0. The minimum atomic E-state index is -0.224. The van der Waals surface area contributed by atoms with E-state index in [-0.39, 0.29) is 21.7 Å². The summed E-state index contributed by atoms with van der Waals surface area (Å²) in [5, 5.41) is 0. The third kappa shape index (κ3) is 9.30. The van der Waals surface area contributed by atoms with Crippen molar-refractivity contribution in [2.75, 3.05) is 4.90 Å². The first-order chi connectivity index (χ1) is 37.7. The van der Waals surface area contributed by atoms with Crippen molar-refractivity contribution in [2.45, 2.75) is 105 Å². The second-order valence-electron chi connectivity index (χ2n) is 25.0. The maximum atomic E-state index is 5.58. The number of aromatic nitrogens is 8. The Morgan fingerprint density at radius 3 is 0.937 bits per heavy atom. The molecule has 12 rings (SSSR count). The Hall–Kier alpha value is -8.82. The highest BCUT2D eigenvalue weighted by Crippen LogP contribution is 2.49. The van der Waals surface area contributed by atoms with Crippen molar-refractivity contribution < 1.29 is 0 Å². The molecule has 7 heterocycles. The highest BCUT2D eigenvalue weighted by atomic mass is 15.2. The van der Waals surface area contributed by atoms with Gasteiger partial charge in [-0.3, -0.25) is 0 Å². The normalized spacial score (nSPS) is 12.6. The fourth-order valence-electron chi connectivity index (χ4n) is 10.6. The molecular formula is C70H67N9. The Bertz CT molecular complexity index is 3850. The lowest BCUT2D eigenvalue weighted by molar-refractivity contribution is 0.570. The van der Waals surface area contributed by atoms with Crippen LogP contribution in [0.4, 0.5) is 17.1 Å². The lowest BCUT2D eigenvalue weighted by Gasteiger charge is -2.31. The van der Waals surface area contributed by atoms with Crippen molar-refractivity contribution in [3.63, 3.8) is 0 Å². The number of benzene rings is 5. The summed E-state index contributed by atoms with van der Waals surface area (Å²) in [7, 11) is 0. The molecule has 0 radical (unpaired) electrons. The molecule has 5 aromatic carbocycles. The largest absolute Gasteiger partial charge is 0.307 e. The van der Waals surface area contributed by atoms with E-state index in [1.807, 2.05) is 24.3 Å². The fourth-order valence-corrected chi connectivity index (χ4v) is 10.6. The van der Waals surface area contributed by atoms with Crippen molar-refractivity contribution in [1.29, 1.82) is 0 Å². The molecule has 0 bridgehead atoms. The number of rotatable bonds is 8. The summed E-state index contributed by atoms with van der Waals surface area (Å²) < 4.78 is 4.78. The van der Waals surface area contributed by atoms with E-state index < -0.39 is 0 Å². The summed E-state index contributed by atoms with van der Waals surface area (Å²) in [5.74, 6) is 0.628. The Balaban J connectivity index is 1.33. The molecule has 9 heteroatoms. The second-order valence-corrected chi connectivity index (χ2v) is 25.0. The smallest absolute Gasteiger partial charge is 0.160 e. The van der Waals surface area contributed by atoms with Crippen LogP contribution in [0.2, 0.25) is 0 Å². The van der Waals surface area contributed by atoms with Gasteiger partial charge >= 0.3 is 0 Å². The van der Waals surface area contributed by atoms with Gasteiger partial charge in [0, 0.05) is 72.5 Å². The number of fused-ring (bicyclic) bond motifs is 6. The first-order valence-corrected chi connectivity index (χ1v) is 27.5. The van der Waals surface area contributed by atoms with E-state index in [2.05, 4.69) is 261 Å². The third-order valence-electron chi connectivity index (χ3n) is 14.9. The van der Waals surface area contributed by atoms with Crippen LogP contribution in [0.1, 0.15) is 106 Å². The molecular weight excluding hydrogens is 967 g/mol. The average molecular weight is 1030 g/mol. The van der Waals surface area contributed by atoms with Crippen LogP contribution in [-0.4, -0.2) is 39.0 Å². The maximum Gasteiger partial charge on any atom is 0.160 e. The molecule has 9 nitrogen and oxygen atoms in total. The quantitative estimate of drug-likeness (QED) is 0.150. The highest BCUT2D eigenvalue weighted by molar-refractivity contribution is 6.09. The molecule has 0 aliphatic carbocycles. The molecule has 0 saturated carbocycles. The number of nitrogens with zero attached hydrogens (tertiary/aromatic N) is 9. The van der Waals surface area contributed by atoms with E-state index in [0.29, 0.717) is 5.82 Å². The first kappa shape index (κ1) is 51.0. The molecule has 392 valence electrons. The van der Waals surface area contributed by atoms with E-state index in [0.717, 1.165) is 123 Å². The maximum absolute atomic E-state index is 5.58. The molecule has 0 unspecified atom stereocenters. The van der Waals surface area contributed by atoms with E-state index in [4.69, 9.17) is 29.9 Å². The van der Waals surface area contributed by atoms with Gasteiger partial charge in [-0.05, 0) is 91.0 Å². The SMILES string of the molecule is CC(C)(C)c1ccc2c(n1)c1nc(C(C)(C)C)ccc1n2-c1cc(-c2cc(-c3ccccc3)nc(-c3ccccc3)n2)cc(-n2c3ccc(C(C)(C)C)nc3c3nc(C(C)(C)C)ccc32)c1N(c1ccccc1)c1ccccc1. The van der Waals surface area contributed by atoms with Gasteiger partial charge in [0.15, 0.2) is 5.82 Å². The van der Waals surface area contributed by atoms with Crippen molar-refractivity contribution in [1.82, 2.24) is 39.0 Å². The summed E-state index contributed by atoms with van der Waals surface area (Å²) in [6, 6.07) is 66.5. The Morgan fingerprint density at radius 2 is 0.608 bits per heavy atom. The molecule has 0 N–H and O–H groups in total. The highest BCUT2D eigenvalue weighted by Gasteiger charge is 2.32. The first-order valence-electron chi connectivity index (χ1n) is 27.5. The van der Waals surface area contributed by atoms with Crippen LogP contribution in [0, 0.1) is 0 Å². The molecule has 0 aliphatic rings. The summed E-state index contributed by atoms with van der Waals surface area (Å²) in [6.45, 7) is 26.7. The number of para-hydroxylation sites is 2. The molecule has 79 heavy (non-hydrogen) atoms. The zero-order valence-corrected chi connectivity index (χ0v) is 47.4. The third-order valence-corrected chi connectivity index (χ3v) is 14.9. The summed E-state index contributed by atoms with van der Waals surface area (Å²) in [6.07, 6.45) is 0. The number of pyridine rings is 4. The van der Waals surface area contributed by atoms with E-state index >= 15 is 0 Å². The van der Waals surface area contributed by atoms with Gasteiger partial charge in [-0.2, -0.15) is 0 Å². The predicted octanol–water partition coefficient (Wildman–Crippen LogP) is 17.9. The van der Waals surface area contributed by atoms with E-state index in [1.54, 1.807) is 0 Å². The van der Waals surface area contributed by atoms with Gasteiger partial charge < -0.3 is 14.0 Å². The van der Waals surface area contributed by atoms with Gasteiger partial charge in [-0.15, -0.1) is 0 Å². The lowest BCUT2D eigenvalue weighted by Crippen LogP contribution is -2.17. The van der Waals surface area contributed by atoms with Crippen molar-refractivity contribution >= 4 is 61.2 Å². The van der Waals surface area contributed by atoms with E-state index in [1.165, 1.54) is 0 Å². The van der Waals surface area contributed by atoms with Crippen LogP contribution >= 0.6 is 0 Å². The number of hydrogen-bond acceptors (Lipinski definition) is 7. The van der Waals surface area contributed by atoms with Crippen LogP contribution in [0.5, 0.6) is 0 Å². The van der Waals surface area contributed by atoms with Gasteiger partial charge in [-0.1, -0.05) is 180 Å². The van der Waals surface area contributed by atoms with Crippen molar-refractivity contribution in [3.8, 4) is 45.3 Å². The molecule has 0 aliphatic heterocycles. The summed E-state index contributed by atoms with van der Waals surface area (Å²) in [4.78, 5) is 35.5. The predicted molar refractivity (Wildman–Crippen MR) is 328 cm³/mol. The summed E-state index contributed by atoms with van der Waals surface area (Å²) >= 11 is 0. The zero-order chi connectivity index (χ0) is 55.2. The Kier molecular flexibility index (Phi) is 12.2. The minimum Gasteiger partial charge on any atom is -0.307 e.